The van der Waals surface area contributed by atoms with Crippen LogP contribution in [0, 0.1) is 5.82 Å². The fraction of sp³-hybridized carbons (Fsp3) is 0.500. The normalized spacial score (nSPS) is 17.7. The van der Waals surface area contributed by atoms with E-state index in [2.05, 4.69) is 10.1 Å². The third kappa shape index (κ3) is 4.25. The SMILES string of the molecule is CC(CSc1ccc(F)cc1)c1nc(C2(N)CCCC2)no1.Cl. The Morgan fingerprint density at radius 3 is 2.61 bits per heavy atom. The Morgan fingerprint density at radius 2 is 1.96 bits per heavy atom. The summed E-state index contributed by atoms with van der Waals surface area (Å²) in [5, 5.41) is 4.09. The van der Waals surface area contributed by atoms with Gasteiger partial charge in [0.2, 0.25) is 5.89 Å². The Hall–Kier alpha value is -1.11. The molecule has 1 aromatic carbocycles. The Bertz CT molecular complexity index is 629. The van der Waals surface area contributed by atoms with Crippen molar-refractivity contribution >= 4 is 24.2 Å². The maximum atomic E-state index is 12.9. The summed E-state index contributed by atoms with van der Waals surface area (Å²) in [7, 11) is 0. The number of benzene rings is 1. The van der Waals surface area contributed by atoms with Crippen LogP contribution in [0.4, 0.5) is 4.39 Å². The standard InChI is InChI=1S/C16H20FN3OS.ClH/c1-11(10-22-13-6-4-12(17)5-7-13)14-19-15(20-21-14)16(18)8-2-3-9-16;/h4-7,11H,2-3,8-10,18H2,1H3;1H. The first-order valence-electron chi connectivity index (χ1n) is 7.58. The molecule has 1 aliphatic carbocycles. The molecule has 3 rings (SSSR count). The van der Waals surface area contributed by atoms with Gasteiger partial charge in [-0.1, -0.05) is 24.9 Å². The smallest absolute Gasteiger partial charge is 0.230 e. The average Bonchev–Trinajstić information content (AvgIpc) is 3.16. The van der Waals surface area contributed by atoms with E-state index in [0.717, 1.165) is 36.3 Å². The fourth-order valence-corrected chi connectivity index (χ4v) is 3.60. The number of aromatic nitrogens is 2. The molecule has 23 heavy (non-hydrogen) atoms. The number of hydrogen-bond acceptors (Lipinski definition) is 5. The molecule has 7 heteroatoms. The number of rotatable bonds is 5. The van der Waals surface area contributed by atoms with Crippen molar-refractivity contribution in [2.75, 3.05) is 5.75 Å². The number of halogens is 2. The molecule has 4 nitrogen and oxygen atoms in total. The molecular weight excluding hydrogens is 337 g/mol. The molecular formula is C16H21ClFN3OS. The Morgan fingerprint density at radius 1 is 1.30 bits per heavy atom. The summed E-state index contributed by atoms with van der Waals surface area (Å²) < 4.78 is 18.3. The van der Waals surface area contributed by atoms with Crippen LogP contribution in [-0.2, 0) is 5.54 Å². The summed E-state index contributed by atoms with van der Waals surface area (Å²) in [5.74, 6) is 1.97. The molecule has 2 N–H and O–H groups in total. The molecule has 1 aliphatic rings. The van der Waals surface area contributed by atoms with Gasteiger partial charge < -0.3 is 10.3 Å². The Balaban J connectivity index is 0.00000192. The van der Waals surface area contributed by atoms with Crippen LogP contribution < -0.4 is 5.73 Å². The maximum absolute atomic E-state index is 12.9. The zero-order valence-electron chi connectivity index (χ0n) is 13.0. The van der Waals surface area contributed by atoms with Crippen molar-refractivity contribution in [3.05, 3.63) is 41.8 Å². The lowest BCUT2D eigenvalue weighted by molar-refractivity contribution is 0.341. The minimum atomic E-state index is -0.411. The number of hydrogen-bond donors (Lipinski definition) is 1. The molecule has 0 radical (unpaired) electrons. The van der Waals surface area contributed by atoms with Crippen molar-refractivity contribution in [1.29, 1.82) is 0 Å². The van der Waals surface area contributed by atoms with Crippen molar-refractivity contribution in [2.45, 2.75) is 49.0 Å². The highest BCUT2D eigenvalue weighted by Gasteiger charge is 2.36. The minimum absolute atomic E-state index is 0. The van der Waals surface area contributed by atoms with Crippen molar-refractivity contribution in [3.63, 3.8) is 0 Å². The first-order valence-corrected chi connectivity index (χ1v) is 8.57. The van der Waals surface area contributed by atoms with E-state index in [-0.39, 0.29) is 24.1 Å². The summed E-state index contributed by atoms with van der Waals surface area (Å²) in [6, 6.07) is 6.49. The summed E-state index contributed by atoms with van der Waals surface area (Å²) in [6.07, 6.45) is 4.09. The second kappa shape index (κ2) is 7.64. The van der Waals surface area contributed by atoms with Crippen LogP contribution in [0.25, 0.3) is 0 Å². The quantitative estimate of drug-likeness (QED) is 0.810. The number of nitrogens with zero attached hydrogens (tertiary/aromatic N) is 2. The van der Waals surface area contributed by atoms with Gasteiger partial charge in [-0.3, -0.25) is 0 Å². The summed E-state index contributed by atoms with van der Waals surface area (Å²) in [6.45, 7) is 2.05. The van der Waals surface area contributed by atoms with Crippen LogP contribution in [0.15, 0.2) is 33.7 Å². The maximum Gasteiger partial charge on any atom is 0.230 e. The van der Waals surface area contributed by atoms with Gasteiger partial charge in [-0.05, 0) is 37.1 Å². The highest BCUT2D eigenvalue weighted by atomic mass is 35.5. The van der Waals surface area contributed by atoms with Gasteiger partial charge in [0.25, 0.3) is 0 Å². The molecule has 1 saturated carbocycles. The molecule has 1 fully saturated rings. The molecule has 0 aliphatic heterocycles. The second-order valence-corrected chi connectivity index (χ2v) is 7.08. The zero-order chi connectivity index (χ0) is 15.6. The summed E-state index contributed by atoms with van der Waals surface area (Å²) >= 11 is 1.65. The van der Waals surface area contributed by atoms with Crippen LogP contribution in [0.3, 0.4) is 0 Å². The molecule has 1 atom stereocenters. The third-order valence-corrected chi connectivity index (χ3v) is 5.39. The first kappa shape index (κ1) is 18.2. The molecule has 0 bridgehead atoms. The minimum Gasteiger partial charge on any atom is -0.339 e. The van der Waals surface area contributed by atoms with Gasteiger partial charge in [-0.2, -0.15) is 4.98 Å². The van der Waals surface area contributed by atoms with Gasteiger partial charge >= 0.3 is 0 Å². The van der Waals surface area contributed by atoms with Gasteiger partial charge in [0, 0.05) is 16.6 Å². The van der Waals surface area contributed by atoms with Crippen LogP contribution in [0.5, 0.6) is 0 Å². The summed E-state index contributed by atoms with van der Waals surface area (Å²) in [5.41, 5.74) is 5.94. The number of nitrogens with two attached hydrogens (primary N) is 1. The van der Waals surface area contributed by atoms with E-state index >= 15 is 0 Å². The van der Waals surface area contributed by atoms with Crippen molar-refractivity contribution < 1.29 is 8.91 Å². The fourth-order valence-electron chi connectivity index (χ4n) is 2.69. The van der Waals surface area contributed by atoms with Gasteiger partial charge in [0.15, 0.2) is 5.82 Å². The summed E-state index contributed by atoms with van der Waals surface area (Å²) in [4.78, 5) is 5.54. The van der Waals surface area contributed by atoms with E-state index in [9.17, 15) is 4.39 Å². The topological polar surface area (TPSA) is 64.9 Å². The van der Waals surface area contributed by atoms with E-state index in [1.54, 1.807) is 23.9 Å². The predicted molar refractivity (Wildman–Crippen MR) is 91.4 cm³/mol. The molecule has 0 saturated heterocycles. The van der Waals surface area contributed by atoms with Crippen LogP contribution in [0.1, 0.15) is 50.2 Å². The molecule has 0 amide bonds. The predicted octanol–water partition coefficient (Wildman–Crippen LogP) is 4.25. The Labute approximate surface area is 145 Å². The van der Waals surface area contributed by atoms with Gasteiger partial charge in [0.05, 0.1) is 5.54 Å². The van der Waals surface area contributed by atoms with E-state index in [4.69, 9.17) is 10.3 Å². The molecule has 1 unspecified atom stereocenters. The average molecular weight is 358 g/mol. The highest BCUT2D eigenvalue weighted by molar-refractivity contribution is 7.99. The molecule has 126 valence electrons. The van der Waals surface area contributed by atoms with E-state index in [1.807, 2.05) is 6.92 Å². The molecule has 1 aromatic heterocycles. The van der Waals surface area contributed by atoms with E-state index in [0.29, 0.717) is 11.7 Å². The van der Waals surface area contributed by atoms with Gasteiger partial charge in [0.1, 0.15) is 5.82 Å². The van der Waals surface area contributed by atoms with Crippen LogP contribution >= 0.6 is 24.2 Å². The molecule has 0 spiro atoms. The number of thioether (sulfide) groups is 1. The van der Waals surface area contributed by atoms with Crippen LogP contribution in [-0.4, -0.2) is 15.9 Å². The van der Waals surface area contributed by atoms with Crippen molar-refractivity contribution in [1.82, 2.24) is 10.1 Å². The second-order valence-electron chi connectivity index (χ2n) is 5.99. The van der Waals surface area contributed by atoms with Crippen LogP contribution in [0.2, 0.25) is 0 Å². The third-order valence-electron chi connectivity index (χ3n) is 4.12. The zero-order valence-corrected chi connectivity index (χ0v) is 14.6. The lowest BCUT2D eigenvalue weighted by Gasteiger charge is -2.17. The highest BCUT2D eigenvalue weighted by Crippen LogP contribution is 2.35. The Kier molecular flexibility index (Phi) is 6.06. The van der Waals surface area contributed by atoms with Gasteiger partial charge in [-0.25, -0.2) is 4.39 Å². The van der Waals surface area contributed by atoms with Gasteiger partial charge in [-0.15, -0.1) is 24.2 Å². The largest absolute Gasteiger partial charge is 0.339 e. The monoisotopic (exact) mass is 357 g/mol. The molecule has 2 aromatic rings. The van der Waals surface area contributed by atoms with Crippen molar-refractivity contribution in [3.8, 4) is 0 Å². The van der Waals surface area contributed by atoms with E-state index in [1.165, 1.54) is 12.1 Å². The molecule has 1 heterocycles. The lowest BCUT2D eigenvalue weighted by atomic mass is 9.98. The van der Waals surface area contributed by atoms with E-state index < -0.39 is 5.54 Å². The first-order chi connectivity index (χ1) is 10.6. The lowest BCUT2D eigenvalue weighted by Crippen LogP contribution is -2.34. The van der Waals surface area contributed by atoms with Crippen molar-refractivity contribution in [2.24, 2.45) is 5.73 Å².